The zero-order valence-electron chi connectivity index (χ0n) is 18.8. The van der Waals surface area contributed by atoms with E-state index in [0.29, 0.717) is 5.02 Å². The molecule has 2 aromatic carbocycles. The lowest BCUT2D eigenvalue weighted by molar-refractivity contribution is 0.304. The summed E-state index contributed by atoms with van der Waals surface area (Å²) in [6.45, 7) is 3.02. The largest absolute Gasteiger partial charge is 0.492 e. The van der Waals surface area contributed by atoms with Crippen molar-refractivity contribution in [1.82, 2.24) is 0 Å². The normalized spacial score (nSPS) is 14.7. The van der Waals surface area contributed by atoms with Crippen LogP contribution >= 0.6 is 11.6 Å². The zero-order chi connectivity index (χ0) is 21.0. The molecule has 1 aliphatic carbocycles. The van der Waals surface area contributed by atoms with Crippen LogP contribution in [0.1, 0.15) is 102 Å². The Kier molecular flexibility index (Phi) is 10.1. The minimum absolute atomic E-state index is 0.712. The molecule has 0 aliphatic heterocycles. The Morgan fingerprint density at radius 2 is 1.40 bits per heavy atom. The molecule has 0 heterocycles. The first-order valence-corrected chi connectivity index (χ1v) is 12.7. The van der Waals surface area contributed by atoms with Crippen molar-refractivity contribution in [2.45, 2.75) is 96.3 Å². The quantitative estimate of drug-likeness (QED) is 0.307. The molecule has 2 aromatic rings. The maximum Gasteiger partial charge on any atom is 0.137 e. The van der Waals surface area contributed by atoms with E-state index >= 15 is 0 Å². The Morgan fingerprint density at radius 1 is 0.767 bits per heavy atom. The smallest absolute Gasteiger partial charge is 0.137 e. The monoisotopic (exact) mass is 426 g/mol. The average Bonchev–Trinajstić information content (AvgIpc) is 2.79. The van der Waals surface area contributed by atoms with E-state index in [2.05, 4.69) is 37.3 Å². The second kappa shape index (κ2) is 13.1. The van der Waals surface area contributed by atoms with E-state index in [-0.39, 0.29) is 0 Å². The third kappa shape index (κ3) is 7.34. The van der Waals surface area contributed by atoms with Gasteiger partial charge in [-0.3, -0.25) is 0 Å². The fourth-order valence-corrected chi connectivity index (χ4v) is 4.83. The number of hydrogen-bond acceptors (Lipinski definition) is 1. The molecular formula is C28H39ClO. The number of unbranched alkanes of at least 4 members (excludes halogenated alkanes) is 7. The summed E-state index contributed by atoms with van der Waals surface area (Å²) in [5.41, 5.74) is 3.88. The highest BCUT2D eigenvalue weighted by Crippen LogP contribution is 2.35. The fraction of sp³-hybridized carbons (Fsp3) is 0.571. The van der Waals surface area contributed by atoms with Crippen LogP contribution in [0, 0.1) is 0 Å². The topological polar surface area (TPSA) is 9.23 Å². The Balaban J connectivity index is 1.43. The molecule has 0 radical (unpaired) electrons. The van der Waals surface area contributed by atoms with Gasteiger partial charge in [0.15, 0.2) is 0 Å². The van der Waals surface area contributed by atoms with E-state index in [1.54, 1.807) is 0 Å². The minimum atomic E-state index is 0.712. The Bertz CT molecular complexity index is 731. The second-order valence-electron chi connectivity index (χ2n) is 8.93. The van der Waals surface area contributed by atoms with Crippen molar-refractivity contribution in [3.63, 3.8) is 0 Å². The lowest BCUT2D eigenvalue weighted by Crippen LogP contribution is -2.04. The molecule has 0 bridgehead atoms. The van der Waals surface area contributed by atoms with Gasteiger partial charge in [-0.25, -0.2) is 0 Å². The van der Waals surface area contributed by atoms with Gasteiger partial charge in [-0.1, -0.05) is 113 Å². The van der Waals surface area contributed by atoms with E-state index in [9.17, 15) is 0 Å². The highest BCUT2D eigenvalue weighted by atomic mass is 35.5. The van der Waals surface area contributed by atoms with Crippen molar-refractivity contribution in [3.8, 4) is 16.9 Å². The van der Waals surface area contributed by atoms with Gasteiger partial charge in [0, 0.05) is 0 Å². The van der Waals surface area contributed by atoms with Crippen molar-refractivity contribution in [3.05, 3.63) is 53.1 Å². The van der Waals surface area contributed by atoms with Crippen LogP contribution in [0.5, 0.6) is 5.75 Å². The van der Waals surface area contributed by atoms with Crippen molar-refractivity contribution in [1.29, 1.82) is 0 Å². The lowest BCUT2D eigenvalue weighted by atomic mass is 9.84. The Labute approximate surface area is 189 Å². The van der Waals surface area contributed by atoms with Crippen molar-refractivity contribution >= 4 is 11.6 Å². The van der Waals surface area contributed by atoms with Crippen molar-refractivity contribution < 1.29 is 4.74 Å². The molecule has 30 heavy (non-hydrogen) atoms. The summed E-state index contributed by atoms with van der Waals surface area (Å²) in [6, 6.07) is 15.3. The van der Waals surface area contributed by atoms with Gasteiger partial charge >= 0.3 is 0 Å². The van der Waals surface area contributed by atoms with Crippen LogP contribution in [0.15, 0.2) is 42.5 Å². The molecule has 1 aliphatic rings. The molecule has 0 spiro atoms. The summed E-state index contributed by atoms with van der Waals surface area (Å²) < 4.78 is 5.94. The summed E-state index contributed by atoms with van der Waals surface area (Å²) in [4.78, 5) is 0. The third-order valence-corrected chi connectivity index (χ3v) is 6.80. The van der Waals surface area contributed by atoms with E-state index in [1.807, 2.05) is 12.1 Å². The van der Waals surface area contributed by atoms with Crippen molar-refractivity contribution in [2.75, 3.05) is 6.61 Å². The number of halogens is 1. The highest BCUT2D eigenvalue weighted by molar-refractivity contribution is 6.32. The molecule has 164 valence electrons. The van der Waals surface area contributed by atoms with Gasteiger partial charge in [0.25, 0.3) is 0 Å². The van der Waals surface area contributed by atoms with Gasteiger partial charge in [0.2, 0.25) is 0 Å². The molecule has 1 fully saturated rings. The van der Waals surface area contributed by atoms with Gasteiger partial charge in [-0.05, 0) is 54.0 Å². The van der Waals surface area contributed by atoms with Crippen LogP contribution < -0.4 is 4.74 Å². The number of benzene rings is 2. The van der Waals surface area contributed by atoms with Crippen LogP contribution in [-0.2, 0) is 0 Å². The van der Waals surface area contributed by atoms with Crippen LogP contribution in [0.25, 0.3) is 11.1 Å². The van der Waals surface area contributed by atoms with Crippen molar-refractivity contribution in [2.24, 2.45) is 0 Å². The van der Waals surface area contributed by atoms with Gasteiger partial charge in [-0.15, -0.1) is 0 Å². The highest BCUT2D eigenvalue weighted by Gasteiger charge is 2.15. The Hall–Kier alpha value is -1.47. The molecule has 0 atom stereocenters. The SMILES string of the molecule is CCCCCCCCCCOc1ccc(-c2ccc(C3CCCCC3)cc2)cc1Cl. The maximum absolute atomic E-state index is 6.52. The molecule has 1 saturated carbocycles. The molecule has 0 N–H and O–H groups in total. The first-order valence-electron chi connectivity index (χ1n) is 12.3. The van der Waals surface area contributed by atoms with Gasteiger partial charge in [0.1, 0.15) is 5.75 Å². The molecule has 2 heteroatoms. The van der Waals surface area contributed by atoms with Gasteiger partial charge in [-0.2, -0.15) is 0 Å². The second-order valence-corrected chi connectivity index (χ2v) is 9.33. The molecule has 0 aromatic heterocycles. The molecule has 3 rings (SSSR count). The number of ether oxygens (including phenoxy) is 1. The van der Waals surface area contributed by atoms with Crippen LogP contribution in [0.3, 0.4) is 0 Å². The fourth-order valence-electron chi connectivity index (χ4n) is 4.60. The number of hydrogen-bond donors (Lipinski definition) is 0. The summed E-state index contributed by atoms with van der Waals surface area (Å²) >= 11 is 6.52. The molecule has 0 saturated heterocycles. The molecule has 0 amide bonds. The third-order valence-electron chi connectivity index (χ3n) is 6.51. The van der Waals surface area contributed by atoms with E-state index in [0.717, 1.165) is 30.3 Å². The van der Waals surface area contributed by atoms with Crippen LogP contribution in [-0.4, -0.2) is 6.61 Å². The standard InChI is InChI=1S/C28H39ClO/c1-2-3-4-5-6-7-8-12-21-30-28-20-19-26(22-27(28)29)25-17-15-24(16-18-25)23-13-10-9-11-14-23/h15-20,22-23H,2-14,21H2,1H3. The average molecular weight is 427 g/mol. The summed E-state index contributed by atoms with van der Waals surface area (Å²) in [7, 11) is 0. The van der Waals surface area contributed by atoms with Crippen LogP contribution in [0.2, 0.25) is 5.02 Å². The lowest BCUT2D eigenvalue weighted by Gasteiger charge is -2.22. The molecule has 0 unspecified atom stereocenters. The Morgan fingerprint density at radius 3 is 2.07 bits per heavy atom. The summed E-state index contributed by atoms with van der Waals surface area (Å²) in [5, 5.41) is 0.712. The van der Waals surface area contributed by atoms with Gasteiger partial charge in [0.05, 0.1) is 11.6 Å². The zero-order valence-corrected chi connectivity index (χ0v) is 19.6. The first kappa shape index (κ1) is 23.2. The summed E-state index contributed by atoms with van der Waals surface area (Å²) in [5.74, 6) is 1.56. The molecular weight excluding hydrogens is 388 g/mol. The van der Waals surface area contributed by atoms with E-state index in [1.165, 1.54) is 88.2 Å². The first-order chi connectivity index (χ1) is 14.8. The number of rotatable bonds is 12. The predicted octanol–water partition coefficient (Wildman–Crippen LogP) is 9.57. The predicted molar refractivity (Wildman–Crippen MR) is 131 cm³/mol. The maximum atomic E-state index is 6.52. The van der Waals surface area contributed by atoms with E-state index < -0.39 is 0 Å². The molecule has 1 nitrogen and oxygen atoms in total. The summed E-state index contributed by atoms with van der Waals surface area (Å²) in [6.07, 6.45) is 17.3. The van der Waals surface area contributed by atoms with E-state index in [4.69, 9.17) is 16.3 Å². The minimum Gasteiger partial charge on any atom is -0.492 e. The van der Waals surface area contributed by atoms with Crippen LogP contribution in [0.4, 0.5) is 0 Å². The van der Waals surface area contributed by atoms with Gasteiger partial charge < -0.3 is 4.74 Å².